The van der Waals surface area contributed by atoms with Crippen LogP contribution in [0.15, 0.2) is 40.9 Å². The minimum atomic E-state index is -0.255. The molecule has 0 saturated heterocycles. The van der Waals surface area contributed by atoms with E-state index in [2.05, 4.69) is 35.1 Å². The van der Waals surface area contributed by atoms with E-state index < -0.39 is 0 Å². The monoisotopic (exact) mass is 381 g/mol. The third kappa shape index (κ3) is 5.22. The Balaban J connectivity index is 2.12. The molecule has 0 aliphatic rings. The second kappa shape index (κ2) is 8.31. The van der Waals surface area contributed by atoms with Crippen molar-refractivity contribution in [1.82, 2.24) is 5.32 Å². The predicted octanol–water partition coefficient (Wildman–Crippen LogP) is 4.67. The normalized spacial score (nSPS) is 10.9. The molecule has 0 amide bonds. The van der Waals surface area contributed by atoms with Crippen LogP contribution < -0.4 is 14.8 Å². The van der Waals surface area contributed by atoms with Crippen molar-refractivity contribution >= 4 is 15.9 Å². The van der Waals surface area contributed by atoms with Gasteiger partial charge in [-0.3, -0.25) is 0 Å². The quantitative estimate of drug-likeness (QED) is 0.755. The van der Waals surface area contributed by atoms with E-state index >= 15 is 0 Å². The van der Waals surface area contributed by atoms with Crippen LogP contribution in [0.2, 0.25) is 0 Å². The average molecular weight is 382 g/mol. The first-order chi connectivity index (χ1) is 11.0. The zero-order valence-corrected chi connectivity index (χ0v) is 15.1. The molecule has 124 valence electrons. The first-order valence-corrected chi connectivity index (χ1v) is 8.26. The van der Waals surface area contributed by atoms with Crippen LogP contribution in [-0.4, -0.2) is 13.2 Å². The first kappa shape index (κ1) is 17.8. The molecular formula is C18H21BrFNO2. The Morgan fingerprint density at radius 1 is 1.13 bits per heavy atom. The molecule has 0 spiro atoms. The molecule has 2 aromatic rings. The lowest BCUT2D eigenvalue weighted by molar-refractivity contribution is 0.282. The molecular weight excluding hydrogens is 361 g/mol. The molecule has 5 heteroatoms. The number of rotatable bonds is 7. The fourth-order valence-electron chi connectivity index (χ4n) is 2.07. The maximum atomic E-state index is 12.9. The van der Waals surface area contributed by atoms with Gasteiger partial charge in [-0.25, -0.2) is 4.39 Å². The van der Waals surface area contributed by atoms with Crippen LogP contribution in [0.25, 0.3) is 0 Å². The maximum Gasteiger partial charge on any atom is 0.175 e. The van der Waals surface area contributed by atoms with E-state index in [1.165, 1.54) is 12.1 Å². The Morgan fingerprint density at radius 3 is 2.43 bits per heavy atom. The smallest absolute Gasteiger partial charge is 0.175 e. The summed E-state index contributed by atoms with van der Waals surface area (Å²) < 4.78 is 25.1. The van der Waals surface area contributed by atoms with Gasteiger partial charge in [-0.2, -0.15) is 0 Å². The minimum absolute atomic E-state index is 0.255. The van der Waals surface area contributed by atoms with Crippen molar-refractivity contribution in [2.24, 2.45) is 0 Å². The summed E-state index contributed by atoms with van der Waals surface area (Å²) in [6, 6.07) is 10.6. The van der Waals surface area contributed by atoms with Crippen LogP contribution in [0.5, 0.6) is 11.5 Å². The van der Waals surface area contributed by atoms with Crippen LogP contribution in [0.1, 0.15) is 25.0 Å². The summed E-state index contributed by atoms with van der Waals surface area (Å²) in [5.41, 5.74) is 2.00. The lowest BCUT2D eigenvalue weighted by Crippen LogP contribution is -2.21. The molecule has 0 aromatic heterocycles. The third-order valence-corrected chi connectivity index (χ3v) is 3.89. The molecule has 23 heavy (non-hydrogen) atoms. The van der Waals surface area contributed by atoms with Crippen molar-refractivity contribution < 1.29 is 13.9 Å². The molecule has 0 radical (unpaired) electrons. The topological polar surface area (TPSA) is 30.5 Å². The molecule has 0 heterocycles. The van der Waals surface area contributed by atoms with Gasteiger partial charge in [0.15, 0.2) is 11.5 Å². The summed E-state index contributed by atoms with van der Waals surface area (Å²) in [5, 5.41) is 3.37. The molecule has 0 saturated carbocycles. The number of ether oxygens (including phenoxy) is 2. The van der Waals surface area contributed by atoms with E-state index in [9.17, 15) is 4.39 Å². The van der Waals surface area contributed by atoms with E-state index in [0.29, 0.717) is 24.1 Å². The van der Waals surface area contributed by atoms with Gasteiger partial charge in [-0.05, 0) is 51.3 Å². The van der Waals surface area contributed by atoms with Crippen LogP contribution in [0, 0.1) is 5.82 Å². The summed E-state index contributed by atoms with van der Waals surface area (Å²) in [6.07, 6.45) is 0. The summed E-state index contributed by atoms with van der Waals surface area (Å²) >= 11 is 3.54. The SMILES string of the molecule is COc1cc(CNC(C)C)cc(Br)c1OCc1ccc(F)cc1. The van der Waals surface area contributed by atoms with Crippen LogP contribution in [0.3, 0.4) is 0 Å². The van der Waals surface area contributed by atoms with Crippen molar-refractivity contribution in [1.29, 1.82) is 0 Å². The number of hydrogen-bond donors (Lipinski definition) is 1. The van der Waals surface area contributed by atoms with E-state index in [1.807, 2.05) is 12.1 Å². The Hall–Kier alpha value is -1.59. The van der Waals surface area contributed by atoms with E-state index in [-0.39, 0.29) is 5.82 Å². The number of methoxy groups -OCH3 is 1. The fraction of sp³-hybridized carbons (Fsp3) is 0.333. The maximum absolute atomic E-state index is 12.9. The van der Waals surface area contributed by atoms with Crippen LogP contribution in [0.4, 0.5) is 4.39 Å². The standard InChI is InChI=1S/C18H21BrFNO2/c1-12(2)21-10-14-8-16(19)18(17(9-14)22-3)23-11-13-4-6-15(20)7-5-13/h4-9,12,21H,10-11H2,1-3H3. The summed E-state index contributed by atoms with van der Waals surface area (Å²) in [6.45, 7) is 5.31. The van der Waals surface area contributed by atoms with Crippen molar-refractivity contribution in [2.75, 3.05) is 7.11 Å². The number of hydrogen-bond acceptors (Lipinski definition) is 3. The van der Waals surface area contributed by atoms with Gasteiger partial charge >= 0.3 is 0 Å². The van der Waals surface area contributed by atoms with Gasteiger partial charge in [0.25, 0.3) is 0 Å². The average Bonchev–Trinajstić information content (AvgIpc) is 2.53. The van der Waals surface area contributed by atoms with Crippen molar-refractivity contribution in [3.05, 3.63) is 57.8 Å². The Kier molecular flexibility index (Phi) is 6.42. The number of benzene rings is 2. The largest absolute Gasteiger partial charge is 0.493 e. The van der Waals surface area contributed by atoms with E-state index in [0.717, 1.165) is 22.1 Å². The second-order valence-electron chi connectivity index (χ2n) is 5.56. The van der Waals surface area contributed by atoms with Crippen molar-refractivity contribution in [2.45, 2.75) is 33.0 Å². The van der Waals surface area contributed by atoms with Gasteiger partial charge in [0.05, 0.1) is 11.6 Å². The van der Waals surface area contributed by atoms with Crippen LogP contribution in [-0.2, 0) is 13.2 Å². The minimum Gasteiger partial charge on any atom is -0.493 e. The summed E-state index contributed by atoms with van der Waals surface area (Å²) in [7, 11) is 1.62. The second-order valence-corrected chi connectivity index (χ2v) is 6.41. The highest BCUT2D eigenvalue weighted by atomic mass is 79.9. The van der Waals surface area contributed by atoms with Gasteiger partial charge < -0.3 is 14.8 Å². The molecule has 0 fully saturated rings. The van der Waals surface area contributed by atoms with Gasteiger partial charge in [-0.15, -0.1) is 0 Å². The van der Waals surface area contributed by atoms with Crippen molar-refractivity contribution in [3.8, 4) is 11.5 Å². The highest BCUT2D eigenvalue weighted by molar-refractivity contribution is 9.10. The number of nitrogens with one attached hydrogen (secondary N) is 1. The Bertz CT molecular complexity index is 644. The molecule has 1 N–H and O–H groups in total. The molecule has 0 aliphatic carbocycles. The molecule has 2 aromatic carbocycles. The van der Waals surface area contributed by atoms with Crippen molar-refractivity contribution in [3.63, 3.8) is 0 Å². The predicted molar refractivity (Wildman–Crippen MR) is 93.4 cm³/mol. The van der Waals surface area contributed by atoms with Gasteiger partial charge in [-0.1, -0.05) is 26.0 Å². The molecule has 3 nitrogen and oxygen atoms in total. The summed E-state index contributed by atoms with van der Waals surface area (Å²) in [5.74, 6) is 1.06. The van der Waals surface area contributed by atoms with Gasteiger partial charge in [0.1, 0.15) is 12.4 Å². The molecule has 0 aliphatic heterocycles. The van der Waals surface area contributed by atoms with E-state index in [1.54, 1.807) is 19.2 Å². The fourth-order valence-corrected chi connectivity index (χ4v) is 2.68. The van der Waals surface area contributed by atoms with Crippen LogP contribution >= 0.6 is 15.9 Å². The molecule has 2 rings (SSSR count). The zero-order chi connectivity index (χ0) is 16.8. The first-order valence-electron chi connectivity index (χ1n) is 7.46. The molecule has 0 atom stereocenters. The van der Waals surface area contributed by atoms with E-state index in [4.69, 9.17) is 9.47 Å². The highest BCUT2D eigenvalue weighted by Crippen LogP contribution is 2.37. The lowest BCUT2D eigenvalue weighted by Gasteiger charge is -2.15. The molecule has 0 bridgehead atoms. The van der Waals surface area contributed by atoms with Gasteiger partial charge in [0.2, 0.25) is 0 Å². The lowest BCUT2D eigenvalue weighted by atomic mass is 10.2. The summed E-state index contributed by atoms with van der Waals surface area (Å²) in [4.78, 5) is 0. The molecule has 0 unspecified atom stereocenters. The number of halogens is 2. The Labute approximate surface area is 144 Å². The van der Waals surface area contributed by atoms with Gasteiger partial charge in [0, 0.05) is 12.6 Å². The Morgan fingerprint density at radius 2 is 1.83 bits per heavy atom. The highest BCUT2D eigenvalue weighted by Gasteiger charge is 2.12. The zero-order valence-electron chi connectivity index (χ0n) is 13.5. The third-order valence-electron chi connectivity index (χ3n) is 3.30.